The third-order valence-electron chi connectivity index (χ3n) is 4.17. The van der Waals surface area contributed by atoms with Crippen molar-refractivity contribution in [3.05, 3.63) is 52.5 Å². The van der Waals surface area contributed by atoms with Crippen LogP contribution in [0.4, 0.5) is 5.82 Å². The lowest BCUT2D eigenvalue weighted by atomic mass is 10.2. The Labute approximate surface area is 159 Å². The molecule has 1 N–H and O–H groups in total. The average molecular weight is 370 g/mol. The van der Waals surface area contributed by atoms with E-state index in [1.807, 2.05) is 12.1 Å². The van der Waals surface area contributed by atoms with E-state index in [1.54, 1.807) is 11.3 Å². The maximum atomic E-state index is 4.81. The molecule has 0 atom stereocenters. The summed E-state index contributed by atoms with van der Waals surface area (Å²) in [6.45, 7) is 3.61. The van der Waals surface area contributed by atoms with Crippen LogP contribution in [-0.2, 0) is 13.1 Å². The molecular weight excluding hydrogens is 342 g/mol. The van der Waals surface area contributed by atoms with Crippen LogP contribution in [-0.4, -0.2) is 54.0 Å². The highest BCUT2D eigenvalue weighted by atomic mass is 32.1. The molecule has 2 aromatic heterocycles. The van der Waals surface area contributed by atoms with Crippen LogP contribution in [0.3, 0.4) is 0 Å². The molecule has 6 heteroatoms. The molecule has 0 fully saturated rings. The Bertz CT molecular complexity index is 816. The second-order valence-corrected chi connectivity index (χ2v) is 7.67. The molecule has 0 saturated heterocycles. The number of benzene rings is 1. The second kappa shape index (κ2) is 9.07. The van der Waals surface area contributed by atoms with Gasteiger partial charge in [-0.3, -0.25) is 4.90 Å². The van der Waals surface area contributed by atoms with Gasteiger partial charge in [0.05, 0.1) is 12.1 Å². The molecule has 0 aliphatic rings. The van der Waals surface area contributed by atoms with Gasteiger partial charge in [0.1, 0.15) is 11.6 Å². The second-order valence-electron chi connectivity index (χ2n) is 6.89. The Morgan fingerprint density at radius 2 is 1.88 bits per heavy atom. The number of fused-ring (bicyclic) bond motifs is 1. The molecule has 0 aliphatic carbocycles. The first-order valence-corrected chi connectivity index (χ1v) is 9.90. The van der Waals surface area contributed by atoms with Crippen LogP contribution in [0.15, 0.2) is 41.1 Å². The van der Waals surface area contributed by atoms with Crippen LogP contribution in [0.2, 0.25) is 0 Å². The van der Waals surface area contributed by atoms with E-state index in [-0.39, 0.29) is 0 Å². The SMILES string of the molecule is CN(C)CCCNc1nc(CN(C)Cc2ccsc2)nc2ccccc12. The van der Waals surface area contributed by atoms with Crippen molar-refractivity contribution < 1.29 is 0 Å². The largest absolute Gasteiger partial charge is 0.369 e. The molecule has 1 aromatic carbocycles. The van der Waals surface area contributed by atoms with Gasteiger partial charge >= 0.3 is 0 Å². The highest BCUT2D eigenvalue weighted by Gasteiger charge is 2.10. The number of hydrogen-bond donors (Lipinski definition) is 1. The third-order valence-corrected chi connectivity index (χ3v) is 4.90. The minimum atomic E-state index is 0.729. The quantitative estimate of drug-likeness (QED) is 0.583. The third kappa shape index (κ3) is 5.24. The number of anilines is 1. The normalized spacial score (nSPS) is 11.6. The van der Waals surface area contributed by atoms with E-state index in [2.05, 4.69) is 65.2 Å². The van der Waals surface area contributed by atoms with Gasteiger partial charge in [-0.25, -0.2) is 9.97 Å². The summed E-state index contributed by atoms with van der Waals surface area (Å²) in [5.41, 5.74) is 2.33. The van der Waals surface area contributed by atoms with E-state index in [0.29, 0.717) is 0 Å². The van der Waals surface area contributed by atoms with Crippen molar-refractivity contribution in [1.82, 2.24) is 19.8 Å². The monoisotopic (exact) mass is 369 g/mol. The molecule has 5 nitrogen and oxygen atoms in total. The van der Waals surface area contributed by atoms with E-state index in [4.69, 9.17) is 9.97 Å². The number of thiophene rings is 1. The zero-order valence-electron chi connectivity index (χ0n) is 15.8. The average Bonchev–Trinajstić information content (AvgIpc) is 3.11. The van der Waals surface area contributed by atoms with E-state index < -0.39 is 0 Å². The van der Waals surface area contributed by atoms with Gasteiger partial charge in [-0.15, -0.1) is 0 Å². The summed E-state index contributed by atoms with van der Waals surface area (Å²) >= 11 is 1.73. The lowest BCUT2D eigenvalue weighted by molar-refractivity contribution is 0.311. The van der Waals surface area contributed by atoms with Crippen molar-refractivity contribution in [2.45, 2.75) is 19.5 Å². The van der Waals surface area contributed by atoms with E-state index in [0.717, 1.165) is 55.1 Å². The van der Waals surface area contributed by atoms with Crippen LogP contribution in [0.25, 0.3) is 10.9 Å². The molecule has 138 valence electrons. The van der Waals surface area contributed by atoms with Crippen molar-refractivity contribution in [3.8, 4) is 0 Å². The van der Waals surface area contributed by atoms with Gasteiger partial charge in [0.15, 0.2) is 0 Å². The zero-order valence-corrected chi connectivity index (χ0v) is 16.6. The molecule has 2 heterocycles. The predicted octanol–water partition coefficient (Wildman–Crippen LogP) is 3.69. The number of hydrogen-bond acceptors (Lipinski definition) is 6. The number of rotatable bonds is 9. The molecule has 0 spiro atoms. The van der Waals surface area contributed by atoms with E-state index in [1.165, 1.54) is 5.56 Å². The van der Waals surface area contributed by atoms with Crippen molar-refractivity contribution in [2.24, 2.45) is 0 Å². The van der Waals surface area contributed by atoms with Gasteiger partial charge in [-0.05, 0) is 68.6 Å². The number of aromatic nitrogens is 2. The van der Waals surface area contributed by atoms with E-state index >= 15 is 0 Å². The standard InChI is InChI=1S/C20H27N5S/c1-24(2)11-6-10-21-20-17-7-4-5-8-18(17)22-19(23-20)14-25(3)13-16-9-12-26-15-16/h4-5,7-9,12,15H,6,10-11,13-14H2,1-3H3,(H,21,22,23). The maximum Gasteiger partial charge on any atom is 0.145 e. The molecule has 0 saturated carbocycles. The molecule has 0 amide bonds. The highest BCUT2D eigenvalue weighted by molar-refractivity contribution is 7.07. The minimum Gasteiger partial charge on any atom is -0.369 e. The van der Waals surface area contributed by atoms with Crippen molar-refractivity contribution in [1.29, 1.82) is 0 Å². The first-order chi connectivity index (χ1) is 12.6. The Balaban J connectivity index is 1.73. The summed E-state index contributed by atoms with van der Waals surface area (Å²) in [6.07, 6.45) is 1.08. The molecule has 3 rings (SSSR count). The summed E-state index contributed by atoms with van der Waals surface area (Å²) < 4.78 is 0. The van der Waals surface area contributed by atoms with Gasteiger partial charge < -0.3 is 10.2 Å². The lowest BCUT2D eigenvalue weighted by Crippen LogP contribution is -2.20. The number of para-hydroxylation sites is 1. The van der Waals surface area contributed by atoms with Crippen molar-refractivity contribution in [3.63, 3.8) is 0 Å². The highest BCUT2D eigenvalue weighted by Crippen LogP contribution is 2.21. The van der Waals surface area contributed by atoms with Crippen LogP contribution >= 0.6 is 11.3 Å². The maximum absolute atomic E-state index is 4.81. The topological polar surface area (TPSA) is 44.3 Å². The first kappa shape index (κ1) is 18.8. The molecular formula is C20H27N5S. The lowest BCUT2D eigenvalue weighted by Gasteiger charge is -2.17. The zero-order chi connectivity index (χ0) is 18.4. The van der Waals surface area contributed by atoms with Crippen molar-refractivity contribution >= 4 is 28.1 Å². The fraction of sp³-hybridized carbons (Fsp3) is 0.400. The van der Waals surface area contributed by atoms with Crippen LogP contribution in [0.1, 0.15) is 17.8 Å². The van der Waals surface area contributed by atoms with Crippen LogP contribution in [0.5, 0.6) is 0 Å². The molecule has 26 heavy (non-hydrogen) atoms. The Morgan fingerprint density at radius 3 is 2.65 bits per heavy atom. The summed E-state index contributed by atoms with van der Waals surface area (Å²) in [4.78, 5) is 14.0. The van der Waals surface area contributed by atoms with Gasteiger partial charge in [-0.2, -0.15) is 11.3 Å². The molecule has 0 radical (unpaired) electrons. The number of nitrogens with one attached hydrogen (secondary N) is 1. The summed E-state index contributed by atoms with van der Waals surface area (Å²) in [5, 5.41) is 8.90. The Morgan fingerprint density at radius 1 is 1.04 bits per heavy atom. The molecule has 0 unspecified atom stereocenters. The van der Waals surface area contributed by atoms with E-state index in [9.17, 15) is 0 Å². The van der Waals surface area contributed by atoms with Gasteiger partial charge in [0.2, 0.25) is 0 Å². The molecule has 3 aromatic rings. The van der Waals surface area contributed by atoms with Gasteiger partial charge in [0.25, 0.3) is 0 Å². The molecule has 0 bridgehead atoms. The first-order valence-electron chi connectivity index (χ1n) is 8.95. The van der Waals surface area contributed by atoms with Crippen LogP contribution in [0, 0.1) is 0 Å². The number of nitrogens with zero attached hydrogens (tertiary/aromatic N) is 4. The Hall–Kier alpha value is -2.02. The van der Waals surface area contributed by atoms with Gasteiger partial charge in [0, 0.05) is 18.5 Å². The van der Waals surface area contributed by atoms with Crippen molar-refractivity contribution in [2.75, 3.05) is 39.5 Å². The van der Waals surface area contributed by atoms with Gasteiger partial charge in [-0.1, -0.05) is 12.1 Å². The van der Waals surface area contributed by atoms with Crippen LogP contribution < -0.4 is 5.32 Å². The fourth-order valence-corrected chi connectivity index (χ4v) is 3.58. The summed E-state index contributed by atoms with van der Waals surface area (Å²) in [7, 11) is 6.31. The summed E-state index contributed by atoms with van der Waals surface area (Å²) in [6, 6.07) is 10.4. The fourth-order valence-electron chi connectivity index (χ4n) is 2.92. The Kier molecular flexibility index (Phi) is 6.55. The summed E-state index contributed by atoms with van der Waals surface area (Å²) in [5.74, 6) is 1.80. The minimum absolute atomic E-state index is 0.729. The predicted molar refractivity (Wildman–Crippen MR) is 111 cm³/mol. The smallest absolute Gasteiger partial charge is 0.145 e. The molecule has 0 aliphatic heterocycles.